The third-order valence-corrected chi connectivity index (χ3v) is 1.90. The van der Waals surface area contributed by atoms with Crippen molar-refractivity contribution in [3.05, 3.63) is 0 Å². The van der Waals surface area contributed by atoms with E-state index in [1.807, 2.05) is 17.7 Å². The average molecular weight is 143 g/mol. The van der Waals surface area contributed by atoms with Crippen LogP contribution in [0.3, 0.4) is 0 Å². The lowest BCUT2D eigenvalue weighted by molar-refractivity contribution is -0.528. The van der Waals surface area contributed by atoms with Crippen LogP contribution in [-0.2, 0) is 4.79 Å². The van der Waals surface area contributed by atoms with Crippen molar-refractivity contribution in [3.63, 3.8) is 0 Å². The van der Waals surface area contributed by atoms with Crippen LogP contribution in [0.1, 0.15) is 19.8 Å². The molecule has 3 heteroatoms. The van der Waals surface area contributed by atoms with Crippen molar-refractivity contribution in [1.82, 2.24) is 0 Å². The minimum absolute atomic E-state index is 0.211. The van der Waals surface area contributed by atoms with Crippen LogP contribution in [0, 0.1) is 0 Å². The standard InChI is InChI=1S/C7H11NO2/c1-2-8-5-3-4-6(8)7(9)10/h2,6H,3-5H2,1H3/p+1/t6-/m0/s1/i/hD. The maximum absolute atomic E-state index is 10.9. The van der Waals surface area contributed by atoms with Crippen LogP contribution in [0.25, 0.3) is 1.43 Å². The summed E-state index contributed by atoms with van der Waals surface area (Å²) in [6, 6.07) is -0.211. The van der Waals surface area contributed by atoms with E-state index >= 15 is 0 Å². The Morgan fingerprint density at radius 1 is 2.00 bits per heavy atom. The quantitative estimate of drug-likeness (QED) is 0.537. The molecule has 1 heterocycles. The molecule has 10 heavy (non-hydrogen) atoms. The van der Waals surface area contributed by atoms with Crippen molar-refractivity contribution in [2.75, 3.05) is 6.54 Å². The highest BCUT2D eigenvalue weighted by atomic mass is 16.4. The molecule has 1 rings (SSSR count). The van der Waals surface area contributed by atoms with Crippen molar-refractivity contribution in [2.45, 2.75) is 25.8 Å². The Balaban J connectivity index is 2.64. The smallest absolute Gasteiger partial charge is 0.372 e. The number of hydrogen-bond donors (Lipinski definition) is 1. The lowest BCUT2D eigenvalue weighted by Crippen LogP contribution is -2.28. The SMILES string of the molecule is [2H]OC(=O)[C@@H]1CCC[N+]1=CC. The first kappa shape index (κ1) is 5.89. The number of carbonyl (C=O) groups is 1. The van der Waals surface area contributed by atoms with Crippen LogP contribution in [0.2, 0.25) is 0 Å². The van der Waals surface area contributed by atoms with Gasteiger partial charge in [-0.25, -0.2) is 9.37 Å². The van der Waals surface area contributed by atoms with Gasteiger partial charge in [0, 0.05) is 19.8 Å². The molecule has 1 aliphatic rings. The van der Waals surface area contributed by atoms with Gasteiger partial charge in [0.2, 0.25) is 6.04 Å². The molecule has 1 atom stereocenters. The second kappa shape index (κ2) is 2.82. The molecule has 1 N–H and O–H groups in total. The largest absolute Gasteiger partial charge is 0.476 e. The van der Waals surface area contributed by atoms with Gasteiger partial charge in [-0.1, -0.05) is 0 Å². The summed E-state index contributed by atoms with van der Waals surface area (Å²) in [7, 11) is 0. The van der Waals surface area contributed by atoms with E-state index in [4.69, 9.17) is 1.43 Å². The number of nitrogens with zero attached hydrogens (tertiary/aromatic N) is 1. The summed E-state index contributed by atoms with van der Waals surface area (Å²) in [5, 5.41) is 3.92. The molecule has 3 nitrogen and oxygen atoms in total. The van der Waals surface area contributed by atoms with Gasteiger partial charge in [-0.05, 0) is 0 Å². The zero-order valence-electron chi connectivity index (χ0n) is 7.04. The molecule has 0 aromatic carbocycles. The first-order chi connectivity index (χ1) is 5.29. The van der Waals surface area contributed by atoms with Crippen molar-refractivity contribution in [3.8, 4) is 0 Å². The minimum atomic E-state index is -0.444. The van der Waals surface area contributed by atoms with Gasteiger partial charge in [0.1, 0.15) is 12.8 Å². The third-order valence-electron chi connectivity index (χ3n) is 1.90. The van der Waals surface area contributed by atoms with Crippen LogP contribution in [0.4, 0.5) is 0 Å². The second-order valence-corrected chi connectivity index (χ2v) is 2.47. The maximum Gasteiger partial charge on any atom is 0.372 e. The highest BCUT2D eigenvalue weighted by Crippen LogP contribution is 2.10. The number of aliphatic carboxylic acids is 1. The monoisotopic (exact) mass is 143 g/mol. The Morgan fingerprint density at radius 2 is 2.80 bits per heavy atom. The van der Waals surface area contributed by atoms with Crippen molar-refractivity contribution in [2.24, 2.45) is 0 Å². The Labute approximate surface area is 61.5 Å². The molecule has 1 aliphatic heterocycles. The Bertz CT molecular complexity index is 191. The Kier molecular flexibility index (Phi) is 1.66. The average Bonchev–Trinajstić information content (AvgIpc) is 2.50. The number of carboxylic acids is 1. The normalized spacial score (nSPS) is 30.3. The summed E-state index contributed by atoms with van der Waals surface area (Å²) < 4.78 is 8.36. The Hall–Kier alpha value is -0.860. The molecule has 56 valence electrons. The van der Waals surface area contributed by atoms with Crippen molar-refractivity contribution in [1.29, 1.82) is 1.43 Å². The molecule has 0 radical (unpaired) electrons. The predicted molar refractivity (Wildman–Crippen MR) is 37.5 cm³/mol. The zero-order chi connectivity index (χ0) is 8.27. The van der Waals surface area contributed by atoms with Gasteiger partial charge in [0.05, 0.1) is 0 Å². The van der Waals surface area contributed by atoms with E-state index in [2.05, 4.69) is 5.11 Å². The van der Waals surface area contributed by atoms with E-state index in [-0.39, 0.29) is 6.04 Å². The maximum atomic E-state index is 10.9. The lowest BCUT2D eigenvalue weighted by Gasteiger charge is -1.98. The summed E-state index contributed by atoms with van der Waals surface area (Å²) in [5.41, 5.74) is 0. The topological polar surface area (TPSA) is 40.3 Å². The third kappa shape index (κ3) is 1.17. The van der Waals surface area contributed by atoms with Gasteiger partial charge >= 0.3 is 5.97 Å². The molecule has 1 fully saturated rings. The van der Waals surface area contributed by atoms with Gasteiger partial charge in [-0.2, -0.15) is 0 Å². The summed E-state index contributed by atoms with van der Waals surface area (Å²) in [5.74, 6) is -0.444. The molecule has 0 amide bonds. The fourth-order valence-corrected chi connectivity index (χ4v) is 1.35. The van der Waals surface area contributed by atoms with Crippen LogP contribution in [-0.4, -0.2) is 34.5 Å². The predicted octanol–water partition coefficient (Wildman–Crippen LogP) is 0.337. The van der Waals surface area contributed by atoms with Gasteiger partial charge in [-0.3, -0.25) is 0 Å². The number of hydrogen-bond acceptors (Lipinski definition) is 2. The van der Waals surface area contributed by atoms with E-state index < -0.39 is 5.97 Å². The molecule has 1 saturated heterocycles. The first-order valence-electron chi connectivity index (χ1n) is 3.92. The van der Waals surface area contributed by atoms with Gasteiger partial charge in [0.25, 0.3) is 1.43 Å². The zero-order valence-corrected chi connectivity index (χ0v) is 6.04. The summed E-state index contributed by atoms with van der Waals surface area (Å²) in [6.45, 7) is 2.78. The highest BCUT2D eigenvalue weighted by Gasteiger charge is 2.33. The molecule has 0 aromatic heterocycles. The first-order valence-corrected chi connectivity index (χ1v) is 3.52. The molecule has 0 spiro atoms. The van der Waals surface area contributed by atoms with Gasteiger partial charge < -0.3 is 5.11 Å². The summed E-state index contributed by atoms with van der Waals surface area (Å²) >= 11 is 0. The van der Waals surface area contributed by atoms with E-state index in [9.17, 15) is 4.79 Å². The number of rotatable bonds is 1. The molecule has 0 aromatic rings. The van der Waals surface area contributed by atoms with Crippen LogP contribution in [0.5, 0.6) is 0 Å². The van der Waals surface area contributed by atoms with Crippen molar-refractivity contribution < 1.29 is 14.5 Å². The summed E-state index contributed by atoms with van der Waals surface area (Å²) in [4.78, 5) is 10.9. The van der Waals surface area contributed by atoms with Crippen LogP contribution in [0.15, 0.2) is 0 Å². The van der Waals surface area contributed by atoms with Gasteiger partial charge in [0.15, 0.2) is 0 Å². The molecule has 0 saturated carbocycles. The Morgan fingerprint density at radius 3 is 3.40 bits per heavy atom. The van der Waals surface area contributed by atoms with E-state index in [0.717, 1.165) is 19.4 Å². The fourth-order valence-electron chi connectivity index (χ4n) is 1.35. The molecule has 0 unspecified atom stereocenters. The van der Waals surface area contributed by atoms with E-state index in [1.165, 1.54) is 0 Å². The fraction of sp³-hybridized carbons (Fsp3) is 0.714. The van der Waals surface area contributed by atoms with Crippen molar-refractivity contribution >= 4 is 12.2 Å². The second-order valence-electron chi connectivity index (χ2n) is 2.47. The lowest BCUT2D eigenvalue weighted by atomic mass is 10.2. The molecule has 0 aliphatic carbocycles. The molecule has 0 bridgehead atoms. The molecular formula is C7H12NO2+. The molecular weight excluding hydrogens is 130 g/mol. The van der Waals surface area contributed by atoms with E-state index in [1.54, 1.807) is 0 Å². The van der Waals surface area contributed by atoms with Gasteiger partial charge in [-0.15, -0.1) is 0 Å². The van der Waals surface area contributed by atoms with E-state index in [0.29, 0.717) is 0 Å². The summed E-state index contributed by atoms with van der Waals surface area (Å²) in [6.07, 6.45) is 3.68. The number of carboxylic acid groups (broad SMARTS) is 1. The highest BCUT2D eigenvalue weighted by molar-refractivity contribution is 5.72. The van der Waals surface area contributed by atoms with Crippen LogP contribution >= 0.6 is 0 Å². The minimum Gasteiger partial charge on any atom is -0.476 e. The van der Waals surface area contributed by atoms with Crippen LogP contribution < -0.4 is 0 Å².